The molecule has 22 heavy (non-hydrogen) atoms. The molecule has 0 aliphatic heterocycles. The first-order chi connectivity index (χ1) is 9.79. The summed E-state index contributed by atoms with van der Waals surface area (Å²) in [4.78, 5) is 23.3. The number of halogens is 1. The molecule has 124 valence electrons. The molecule has 0 aliphatic carbocycles. The quantitative estimate of drug-likeness (QED) is 0.588. The molecule has 0 aliphatic rings. The van der Waals surface area contributed by atoms with Crippen LogP contribution in [0.15, 0.2) is 24.3 Å². The molecule has 1 rings (SSSR count). The number of aromatic hydroxyl groups is 1. The number of rotatable bonds is 7. The van der Waals surface area contributed by atoms with Gasteiger partial charge in [-0.2, -0.15) is 0 Å². The van der Waals surface area contributed by atoms with E-state index in [1.54, 1.807) is 12.1 Å². The Labute approximate surface area is 136 Å². The summed E-state index contributed by atoms with van der Waals surface area (Å²) in [6.45, 7) is 3.89. The molecule has 0 aromatic heterocycles. The van der Waals surface area contributed by atoms with Gasteiger partial charge in [-0.25, -0.2) is 0 Å². The van der Waals surface area contributed by atoms with E-state index >= 15 is 0 Å². The maximum absolute atomic E-state index is 12.0. The van der Waals surface area contributed by atoms with Gasteiger partial charge in [0.25, 0.3) is 0 Å². The normalized spacial score (nSPS) is 13.1. The van der Waals surface area contributed by atoms with Gasteiger partial charge in [-0.1, -0.05) is 26.0 Å². The van der Waals surface area contributed by atoms with Crippen LogP contribution in [0.3, 0.4) is 0 Å². The topological polar surface area (TPSA) is 118 Å². The maximum atomic E-state index is 12.0. The summed E-state index contributed by atoms with van der Waals surface area (Å²) >= 11 is 0. The molecular formula is C15H24ClN3O3. The molecule has 0 radical (unpaired) electrons. The second-order valence-corrected chi connectivity index (χ2v) is 5.57. The summed E-state index contributed by atoms with van der Waals surface area (Å²) in [5.74, 6) is -0.583. The van der Waals surface area contributed by atoms with Crippen molar-refractivity contribution >= 4 is 24.2 Å². The van der Waals surface area contributed by atoms with Crippen molar-refractivity contribution < 1.29 is 14.7 Å². The van der Waals surface area contributed by atoms with Crippen LogP contribution in [0.4, 0.5) is 0 Å². The molecular weight excluding hydrogens is 306 g/mol. The van der Waals surface area contributed by atoms with E-state index in [4.69, 9.17) is 11.5 Å². The lowest BCUT2D eigenvalue weighted by Gasteiger charge is -2.20. The van der Waals surface area contributed by atoms with Crippen molar-refractivity contribution in [3.05, 3.63) is 29.8 Å². The van der Waals surface area contributed by atoms with Crippen LogP contribution in [0.5, 0.6) is 5.75 Å². The van der Waals surface area contributed by atoms with Gasteiger partial charge in [0.15, 0.2) is 0 Å². The SMILES string of the molecule is CC(C)C[C@H](NC(=O)[C@@H](N)Cc1ccc(O)cc1)C(N)=O.Cl. The predicted molar refractivity (Wildman–Crippen MR) is 87.6 cm³/mol. The van der Waals surface area contributed by atoms with Crippen molar-refractivity contribution in [2.75, 3.05) is 0 Å². The smallest absolute Gasteiger partial charge is 0.240 e. The summed E-state index contributed by atoms with van der Waals surface area (Å²) in [6.07, 6.45) is 0.798. The number of carbonyl (C=O) groups is 2. The zero-order valence-corrected chi connectivity index (χ0v) is 13.6. The Balaban J connectivity index is 0.00000441. The van der Waals surface area contributed by atoms with E-state index in [1.165, 1.54) is 12.1 Å². The van der Waals surface area contributed by atoms with E-state index in [9.17, 15) is 14.7 Å². The summed E-state index contributed by atoms with van der Waals surface area (Å²) in [6, 6.07) is 4.98. The number of nitrogens with two attached hydrogens (primary N) is 2. The van der Waals surface area contributed by atoms with Crippen LogP contribution >= 0.6 is 12.4 Å². The van der Waals surface area contributed by atoms with E-state index in [1.807, 2.05) is 13.8 Å². The van der Waals surface area contributed by atoms with E-state index in [2.05, 4.69) is 5.32 Å². The van der Waals surface area contributed by atoms with E-state index in [0.29, 0.717) is 12.8 Å². The summed E-state index contributed by atoms with van der Waals surface area (Å²) < 4.78 is 0. The standard InChI is InChI=1S/C15H23N3O3.ClH/c1-9(2)7-13(14(17)20)18-15(21)12(16)8-10-3-5-11(19)6-4-10;/h3-6,9,12-13,19H,7-8,16H2,1-2H3,(H2,17,20)(H,18,21);1H/t12-,13-;/m0./s1. The van der Waals surface area contributed by atoms with E-state index in [-0.39, 0.29) is 24.1 Å². The van der Waals surface area contributed by atoms with Crippen LogP contribution in [0.2, 0.25) is 0 Å². The maximum Gasteiger partial charge on any atom is 0.240 e. The fourth-order valence-corrected chi connectivity index (χ4v) is 1.98. The van der Waals surface area contributed by atoms with Crippen LogP contribution in [0.25, 0.3) is 0 Å². The number of amides is 2. The first-order valence-corrected chi connectivity index (χ1v) is 6.92. The molecule has 2 amide bonds. The molecule has 0 fully saturated rings. The highest BCUT2D eigenvalue weighted by molar-refractivity contribution is 5.89. The van der Waals surface area contributed by atoms with Crippen molar-refractivity contribution in [1.82, 2.24) is 5.32 Å². The minimum atomic E-state index is -0.774. The molecule has 0 heterocycles. The molecule has 6 N–H and O–H groups in total. The minimum Gasteiger partial charge on any atom is -0.508 e. The number of primary amides is 1. The van der Waals surface area contributed by atoms with Crippen LogP contribution in [-0.4, -0.2) is 29.0 Å². The van der Waals surface area contributed by atoms with Crippen molar-refractivity contribution in [3.8, 4) is 5.75 Å². The Morgan fingerprint density at radius 2 is 1.77 bits per heavy atom. The van der Waals surface area contributed by atoms with Gasteiger partial charge in [-0.15, -0.1) is 12.4 Å². The third-order valence-corrected chi connectivity index (χ3v) is 3.10. The van der Waals surface area contributed by atoms with Crippen molar-refractivity contribution in [1.29, 1.82) is 0 Å². The molecule has 0 saturated heterocycles. The molecule has 1 aromatic carbocycles. The lowest BCUT2D eigenvalue weighted by molar-refractivity contribution is -0.128. The monoisotopic (exact) mass is 329 g/mol. The van der Waals surface area contributed by atoms with Gasteiger partial charge < -0.3 is 21.9 Å². The molecule has 6 nitrogen and oxygen atoms in total. The first kappa shape index (κ1) is 20.2. The Morgan fingerprint density at radius 3 is 2.23 bits per heavy atom. The molecule has 1 aromatic rings. The third-order valence-electron chi connectivity index (χ3n) is 3.10. The van der Waals surface area contributed by atoms with E-state index < -0.39 is 23.9 Å². The van der Waals surface area contributed by atoms with Gasteiger partial charge in [0.2, 0.25) is 11.8 Å². The van der Waals surface area contributed by atoms with Gasteiger partial charge in [0, 0.05) is 0 Å². The molecule has 0 unspecified atom stereocenters. The van der Waals surface area contributed by atoms with Crippen molar-refractivity contribution in [3.63, 3.8) is 0 Å². The van der Waals surface area contributed by atoms with Crippen LogP contribution in [0.1, 0.15) is 25.8 Å². The van der Waals surface area contributed by atoms with E-state index in [0.717, 1.165) is 5.56 Å². The minimum absolute atomic E-state index is 0. The number of hydrogen-bond acceptors (Lipinski definition) is 4. The number of benzene rings is 1. The molecule has 0 bridgehead atoms. The summed E-state index contributed by atoms with van der Waals surface area (Å²) in [5, 5.41) is 11.8. The van der Waals surface area contributed by atoms with Gasteiger partial charge in [0.05, 0.1) is 6.04 Å². The average molecular weight is 330 g/mol. The number of nitrogens with one attached hydrogen (secondary N) is 1. The van der Waals surface area contributed by atoms with Gasteiger partial charge >= 0.3 is 0 Å². The first-order valence-electron chi connectivity index (χ1n) is 6.92. The lowest BCUT2D eigenvalue weighted by Crippen LogP contribution is -2.51. The fourth-order valence-electron chi connectivity index (χ4n) is 1.98. The highest BCUT2D eigenvalue weighted by Gasteiger charge is 2.22. The Hall–Kier alpha value is -1.79. The molecule has 0 saturated carbocycles. The number of phenolic OH excluding ortho intramolecular Hbond substituents is 1. The van der Waals surface area contributed by atoms with Gasteiger partial charge in [-0.3, -0.25) is 9.59 Å². The summed E-state index contributed by atoms with van der Waals surface area (Å²) in [7, 11) is 0. The molecule has 0 spiro atoms. The third kappa shape index (κ3) is 6.78. The van der Waals surface area contributed by atoms with Gasteiger partial charge in [0.1, 0.15) is 11.8 Å². The van der Waals surface area contributed by atoms with Gasteiger partial charge in [-0.05, 0) is 36.5 Å². The van der Waals surface area contributed by atoms with Crippen molar-refractivity contribution in [2.45, 2.75) is 38.8 Å². The Bertz CT molecular complexity index is 491. The zero-order chi connectivity index (χ0) is 16.0. The number of carbonyl (C=O) groups excluding carboxylic acids is 2. The highest BCUT2D eigenvalue weighted by Crippen LogP contribution is 2.11. The highest BCUT2D eigenvalue weighted by atomic mass is 35.5. The molecule has 7 heteroatoms. The Morgan fingerprint density at radius 1 is 1.23 bits per heavy atom. The van der Waals surface area contributed by atoms with Crippen molar-refractivity contribution in [2.24, 2.45) is 17.4 Å². The Kier molecular flexibility index (Phi) is 8.52. The largest absolute Gasteiger partial charge is 0.508 e. The lowest BCUT2D eigenvalue weighted by atomic mass is 10.0. The average Bonchev–Trinajstić information content (AvgIpc) is 2.39. The van der Waals surface area contributed by atoms with Crippen LogP contribution in [0, 0.1) is 5.92 Å². The van der Waals surface area contributed by atoms with Crippen LogP contribution in [-0.2, 0) is 16.0 Å². The second-order valence-electron chi connectivity index (χ2n) is 5.57. The number of phenols is 1. The van der Waals surface area contributed by atoms with Crippen LogP contribution < -0.4 is 16.8 Å². The second kappa shape index (κ2) is 9.27. The zero-order valence-electron chi connectivity index (χ0n) is 12.8. The predicted octanol–water partition coefficient (Wildman–Crippen LogP) is 0.700. The fraction of sp³-hybridized carbons (Fsp3) is 0.467. The molecule has 2 atom stereocenters. The summed E-state index contributed by atoms with van der Waals surface area (Å²) in [5.41, 5.74) is 11.9. The number of hydrogen-bond donors (Lipinski definition) is 4.